The van der Waals surface area contributed by atoms with E-state index in [1.165, 1.54) is 19.4 Å². The maximum Gasteiger partial charge on any atom is 0.126 e. The van der Waals surface area contributed by atoms with Gasteiger partial charge in [0.25, 0.3) is 0 Å². The molecular formula is C13H22O2. The summed E-state index contributed by atoms with van der Waals surface area (Å²) in [4.78, 5) is 9.44. The number of rotatable bonds is 1. The van der Waals surface area contributed by atoms with Crippen LogP contribution in [-0.4, -0.2) is 12.9 Å². The average Bonchev–Trinajstić information content (AvgIpc) is 2.20. The second kappa shape index (κ2) is 10.8. The van der Waals surface area contributed by atoms with Gasteiger partial charge < -0.3 is 9.53 Å². The SMILES string of the molecule is CC.CC(C)=O.COc1cccc(C)c1. The van der Waals surface area contributed by atoms with Gasteiger partial charge in [0.15, 0.2) is 0 Å². The highest BCUT2D eigenvalue weighted by atomic mass is 16.5. The first-order valence-electron chi connectivity index (χ1n) is 5.14. The lowest BCUT2D eigenvalue weighted by atomic mass is 10.2. The molecule has 0 radical (unpaired) electrons. The van der Waals surface area contributed by atoms with Crippen molar-refractivity contribution < 1.29 is 9.53 Å². The van der Waals surface area contributed by atoms with Gasteiger partial charge in [0.1, 0.15) is 11.5 Å². The summed E-state index contributed by atoms with van der Waals surface area (Å²) < 4.78 is 5.00. The van der Waals surface area contributed by atoms with Crippen molar-refractivity contribution in [2.24, 2.45) is 0 Å². The summed E-state index contributed by atoms with van der Waals surface area (Å²) >= 11 is 0. The number of Topliss-reactive ketones (excluding diaryl/α,β-unsaturated/α-hetero) is 1. The van der Waals surface area contributed by atoms with Crippen LogP contribution in [0.2, 0.25) is 0 Å². The Kier molecular flexibility index (Phi) is 11.6. The molecule has 0 aliphatic heterocycles. The van der Waals surface area contributed by atoms with Crippen LogP contribution < -0.4 is 4.74 Å². The number of methoxy groups -OCH3 is 1. The molecule has 15 heavy (non-hydrogen) atoms. The largest absolute Gasteiger partial charge is 0.497 e. The van der Waals surface area contributed by atoms with Crippen molar-refractivity contribution in [3.63, 3.8) is 0 Å². The first kappa shape index (κ1) is 16.1. The summed E-state index contributed by atoms with van der Waals surface area (Å²) in [5, 5.41) is 0. The van der Waals surface area contributed by atoms with Crippen molar-refractivity contribution in [2.75, 3.05) is 7.11 Å². The van der Waals surface area contributed by atoms with Crippen molar-refractivity contribution in [3.8, 4) is 5.75 Å². The zero-order valence-corrected chi connectivity index (χ0v) is 10.6. The molecule has 0 aliphatic rings. The maximum atomic E-state index is 9.44. The third-order valence-electron chi connectivity index (χ3n) is 1.23. The van der Waals surface area contributed by atoms with E-state index in [0.717, 1.165) is 5.75 Å². The topological polar surface area (TPSA) is 26.3 Å². The van der Waals surface area contributed by atoms with Gasteiger partial charge in [0.05, 0.1) is 7.11 Å². The van der Waals surface area contributed by atoms with Gasteiger partial charge in [0, 0.05) is 0 Å². The molecule has 0 aliphatic carbocycles. The van der Waals surface area contributed by atoms with Gasteiger partial charge in [-0.2, -0.15) is 0 Å². The molecule has 0 aromatic heterocycles. The van der Waals surface area contributed by atoms with Gasteiger partial charge in [-0.1, -0.05) is 26.0 Å². The fourth-order valence-electron chi connectivity index (χ4n) is 0.742. The predicted molar refractivity (Wildman–Crippen MR) is 65.4 cm³/mol. The summed E-state index contributed by atoms with van der Waals surface area (Å²) in [6.45, 7) is 9.10. The van der Waals surface area contributed by atoms with Gasteiger partial charge in [0.2, 0.25) is 0 Å². The zero-order valence-electron chi connectivity index (χ0n) is 10.6. The molecule has 0 bridgehead atoms. The quantitative estimate of drug-likeness (QED) is 0.707. The number of ether oxygens (including phenoxy) is 1. The molecule has 0 heterocycles. The monoisotopic (exact) mass is 210 g/mol. The van der Waals surface area contributed by atoms with Crippen molar-refractivity contribution in [2.45, 2.75) is 34.6 Å². The number of aryl methyl sites for hydroxylation is 1. The molecule has 0 amide bonds. The molecule has 86 valence electrons. The van der Waals surface area contributed by atoms with E-state index >= 15 is 0 Å². The van der Waals surface area contributed by atoms with E-state index in [2.05, 4.69) is 0 Å². The molecule has 1 aromatic rings. The lowest BCUT2D eigenvalue weighted by Gasteiger charge is -1.97. The summed E-state index contributed by atoms with van der Waals surface area (Å²) in [6, 6.07) is 7.96. The molecule has 0 N–H and O–H groups in total. The van der Waals surface area contributed by atoms with Crippen LogP contribution in [-0.2, 0) is 4.79 Å². The summed E-state index contributed by atoms with van der Waals surface area (Å²) in [7, 11) is 1.68. The van der Waals surface area contributed by atoms with E-state index in [-0.39, 0.29) is 5.78 Å². The standard InChI is InChI=1S/C8H10O.C3H6O.C2H6/c1-7-4-3-5-8(6-7)9-2;1-3(2)4;1-2/h3-6H,1-2H3;1-2H3;1-2H3. The second-order valence-electron chi connectivity index (χ2n) is 2.93. The van der Waals surface area contributed by atoms with Crippen molar-refractivity contribution in [1.29, 1.82) is 0 Å². The van der Waals surface area contributed by atoms with Crippen LogP contribution in [0.3, 0.4) is 0 Å². The first-order valence-corrected chi connectivity index (χ1v) is 5.14. The lowest BCUT2D eigenvalue weighted by molar-refractivity contribution is -0.114. The highest BCUT2D eigenvalue weighted by molar-refractivity contribution is 5.72. The van der Waals surface area contributed by atoms with Gasteiger partial charge in [-0.05, 0) is 38.5 Å². The van der Waals surface area contributed by atoms with Gasteiger partial charge in [-0.15, -0.1) is 0 Å². The molecule has 0 spiro atoms. The predicted octanol–water partition coefficient (Wildman–Crippen LogP) is 3.63. The Morgan fingerprint density at radius 1 is 1.20 bits per heavy atom. The molecule has 0 saturated heterocycles. The number of carbonyl (C=O) groups excluding carboxylic acids is 1. The number of ketones is 1. The summed E-state index contributed by atoms with van der Waals surface area (Å²) in [6.07, 6.45) is 0. The first-order chi connectivity index (χ1) is 7.06. The van der Waals surface area contributed by atoms with Crippen LogP contribution in [0.4, 0.5) is 0 Å². The maximum absolute atomic E-state index is 9.44. The van der Waals surface area contributed by atoms with Gasteiger partial charge in [-0.25, -0.2) is 0 Å². The van der Waals surface area contributed by atoms with E-state index in [1.807, 2.05) is 45.0 Å². The van der Waals surface area contributed by atoms with E-state index in [9.17, 15) is 4.79 Å². The fourth-order valence-corrected chi connectivity index (χ4v) is 0.742. The normalized spacial score (nSPS) is 7.60. The third-order valence-corrected chi connectivity index (χ3v) is 1.23. The molecule has 1 rings (SSSR count). The van der Waals surface area contributed by atoms with Crippen molar-refractivity contribution in [1.82, 2.24) is 0 Å². The highest BCUT2D eigenvalue weighted by Crippen LogP contribution is 2.10. The van der Waals surface area contributed by atoms with E-state index < -0.39 is 0 Å². The molecule has 2 heteroatoms. The van der Waals surface area contributed by atoms with Crippen LogP contribution >= 0.6 is 0 Å². The number of benzene rings is 1. The lowest BCUT2D eigenvalue weighted by Crippen LogP contribution is -1.81. The number of hydrogen-bond acceptors (Lipinski definition) is 2. The van der Waals surface area contributed by atoms with Gasteiger partial charge >= 0.3 is 0 Å². The Labute approximate surface area is 93.3 Å². The number of hydrogen-bond donors (Lipinski definition) is 0. The Morgan fingerprint density at radius 2 is 1.67 bits per heavy atom. The van der Waals surface area contributed by atoms with Crippen molar-refractivity contribution >= 4 is 5.78 Å². The van der Waals surface area contributed by atoms with Gasteiger partial charge in [-0.3, -0.25) is 0 Å². The molecular weight excluding hydrogens is 188 g/mol. The van der Waals surface area contributed by atoms with Crippen LogP contribution in [0.5, 0.6) is 5.75 Å². The highest BCUT2D eigenvalue weighted by Gasteiger charge is 1.86. The van der Waals surface area contributed by atoms with Crippen molar-refractivity contribution in [3.05, 3.63) is 29.8 Å². The molecule has 2 nitrogen and oxygen atoms in total. The van der Waals surface area contributed by atoms with E-state index in [1.54, 1.807) is 7.11 Å². The average molecular weight is 210 g/mol. The minimum absolute atomic E-state index is 0.167. The van der Waals surface area contributed by atoms with E-state index in [0.29, 0.717) is 0 Å². The Hall–Kier alpha value is -1.31. The van der Waals surface area contributed by atoms with Crippen LogP contribution in [0, 0.1) is 6.92 Å². The molecule has 1 aromatic carbocycles. The Morgan fingerprint density at radius 3 is 1.93 bits per heavy atom. The molecule has 0 saturated carbocycles. The summed E-state index contributed by atoms with van der Waals surface area (Å²) in [5.41, 5.74) is 1.23. The summed E-state index contributed by atoms with van der Waals surface area (Å²) in [5.74, 6) is 1.09. The van der Waals surface area contributed by atoms with Crippen LogP contribution in [0.15, 0.2) is 24.3 Å². The van der Waals surface area contributed by atoms with E-state index in [4.69, 9.17) is 4.74 Å². The fraction of sp³-hybridized carbons (Fsp3) is 0.462. The Bertz CT molecular complexity index is 263. The smallest absolute Gasteiger partial charge is 0.126 e. The van der Waals surface area contributed by atoms with Crippen LogP contribution in [0.1, 0.15) is 33.3 Å². The third kappa shape index (κ3) is 12.7. The Balaban J connectivity index is 0. The second-order valence-corrected chi connectivity index (χ2v) is 2.93. The minimum Gasteiger partial charge on any atom is -0.497 e. The number of carbonyl (C=O) groups is 1. The minimum atomic E-state index is 0.167. The molecule has 0 fully saturated rings. The van der Waals surface area contributed by atoms with Crippen LogP contribution in [0.25, 0.3) is 0 Å². The zero-order chi connectivity index (χ0) is 12.3. The molecule has 0 unspecified atom stereocenters. The molecule has 0 atom stereocenters.